The van der Waals surface area contributed by atoms with E-state index in [1.807, 2.05) is 18.2 Å². The van der Waals surface area contributed by atoms with Gasteiger partial charge in [0, 0.05) is 18.1 Å². The molecule has 0 radical (unpaired) electrons. The Kier molecular flexibility index (Phi) is 7.27. The van der Waals surface area contributed by atoms with Crippen molar-refractivity contribution < 1.29 is 19.0 Å². The molecule has 0 amide bonds. The number of carboxylic acids is 1. The highest BCUT2D eigenvalue weighted by molar-refractivity contribution is 7.62. The molecule has 0 saturated heterocycles. The molecule has 1 aromatic carbocycles. The highest BCUT2D eigenvalue weighted by Crippen LogP contribution is 2.49. The van der Waals surface area contributed by atoms with E-state index < -0.39 is 13.3 Å². The fourth-order valence-corrected chi connectivity index (χ4v) is 3.70. The van der Waals surface area contributed by atoms with Crippen LogP contribution in [0.15, 0.2) is 42.2 Å². The van der Waals surface area contributed by atoms with Crippen molar-refractivity contribution in [1.82, 2.24) is 0 Å². The molecule has 0 aliphatic heterocycles. The van der Waals surface area contributed by atoms with Crippen molar-refractivity contribution >= 4 is 13.3 Å². The minimum Gasteiger partial charge on any atom is -0.478 e. The van der Waals surface area contributed by atoms with Gasteiger partial charge in [0.15, 0.2) is 0 Å². The van der Waals surface area contributed by atoms with Crippen LogP contribution in [0.1, 0.15) is 25.3 Å². The first-order chi connectivity index (χ1) is 9.56. The second kappa shape index (κ2) is 8.72. The second-order valence-corrected chi connectivity index (χ2v) is 6.92. The van der Waals surface area contributed by atoms with E-state index in [0.29, 0.717) is 12.8 Å². The number of hydrogen-bond acceptors (Lipinski definition) is 3. The zero-order valence-corrected chi connectivity index (χ0v) is 12.6. The Morgan fingerprint density at radius 1 is 1.30 bits per heavy atom. The summed E-state index contributed by atoms with van der Waals surface area (Å²) in [6.07, 6.45) is 3.87. The monoisotopic (exact) mass is 296 g/mol. The standard InChI is InChI=1S/C15H21O4P/c1-2-19-20(18,13-11-15(16)17)12-7-6-10-14-8-4-3-5-9-14/h3-5,8-9,11,13H,2,6-7,10,12H2,1H3,(H,16,17). The van der Waals surface area contributed by atoms with Crippen molar-refractivity contribution in [2.24, 2.45) is 0 Å². The van der Waals surface area contributed by atoms with E-state index in [1.54, 1.807) is 6.92 Å². The summed E-state index contributed by atoms with van der Waals surface area (Å²) in [6, 6.07) is 10.1. The molecule has 1 rings (SSSR count). The van der Waals surface area contributed by atoms with Crippen LogP contribution in [0.5, 0.6) is 0 Å². The Bertz CT molecular complexity index is 482. The number of carboxylic acid groups (broad SMARTS) is 1. The van der Waals surface area contributed by atoms with Gasteiger partial charge in [-0.15, -0.1) is 0 Å². The highest BCUT2D eigenvalue weighted by atomic mass is 31.2. The van der Waals surface area contributed by atoms with E-state index in [2.05, 4.69) is 12.1 Å². The van der Waals surface area contributed by atoms with Crippen LogP contribution in [0.25, 0.3) is 0 Å². The van der Waals surface area contributed by atoms with Crippen LogP contribution < -0.4 is 0 Å². The Morgan fingerprint density at radius 3 is 2.60 bits per heavy atom. The van der Waals surface area contributed by atoms with Crippen LogP contribution >= 0.6 is 7.37 Å². The minimum atomic E-state index is -2.96. The van der Waals surface area contributed by atoms with Gasteiger partial charge >= 0.3 is 5.97 Å². The smallest absolute Gasteiger partial charge is 0.328 e. The van der Waals surface area contributed by atoms with Crippen molar-refractivity contribution in [2.45, 2.75) is 26.2 Å². The number of aliphatic carboxylic acids is 1. The highest BCUT2D eigenvalue weighted by Gasteiger charge is 2.18. The molecule has 1 atom stereocenters. The first kappa shape index (κ1) is 16.7. The molecular weight excluding hydrogens is 275 g/mol. The van der Waals surface area contributed by atoms with Crippen molar-refractivity contribution in [1.29, 1.82) is 0 Å². The van der Waals surface area contributed by atoms with Crippen LogP contribution in [0.4, 0.5) is 0 Å². The van der Waals surface area contributed by atoms with Gasteiger partial charge in [-0.2, -0.15) is 0 Å². The lowest BCUT2D eigenvalue weighted by Crippen LogP contribution is -1.96. The van der Waals surface area contributed by atoms with E-state index in [9.17, 15) is 9.36 Å². The van der Waals surface area contributed by atoms with Crippen LogP contribution in [-0.2, 0) is 20.3 Å². The lowest BCUT2D eigenvalue weighted by molar-refractivity contribution is -0.131. The lowest BCUT2D eigenvalue weighted by atomic mass is 10.1. The van der Waals surface area contributed by atoms with Gasteiger partial charge in [0.25, 0.3) is 0 Å². The Labute approximate surface area is 119 Å². The molecule has 1 aromatic rings. The number of benzene rings is 1. The van der Waals surface area contributed by atoms with Gasteiger partial charge in [-0.1, -0.05) is 30.3 Å². The van der Waals surface area contributed by atoms with E-state index in [1.165, 1.54) is 11.4 Å². The topological polar surface area (TPSA) is 63.6 Å². The maximum Gasteiger partial charge on any atom is 0.328 e. The molecule has 0 fully saturated rings. The van der Waals surface area contributed by atoms with Crippen molar-refractivity contribution in [3.8, 4) is 0 Å². The molecule has 5 heteroatoms. The summed E-state index contributed by atoms with van der Waals surface area (Å²) < 4.78 is 17.6. The Balaban J connectivity index is 2.43. The van der Waals surface area contributed by atoms with E-state index in [-0.39, 0.29) is 0 Å². The SMILES string of the molecule is CCOP(=O)(C=CC(=O)O)CCCCc1ccccc1. The molecule has 0 saturated carbocycles. The molecule has 110 valence electrons. The molecule has 0 heterocycles. The maximum absolute atomic E-state index is 12.4. The molecular formula is C15H21O4P. The normalized spacial score (nSPS) is 14.2. The molecule has 0 spiro atoms. The lowest BCUT2D eigenvalue weighted by Gasteiger charge is -2.13. The quantitative estimate of drug-likeness (QED) is 0.426. The summed E-state index contributed by atoms with van der Waals surface area (Å²) in [4.78, 5) is 10.5. The fraction of sp³-hybridized carbons (Fsp3) is 0.400. The first-order valence-electron chi connectivity index (χ1n) is 6.75. The van der Waals surface area contributed by atoms with Crippen LogP contribution in [0, 0.1) is 0 Å². The number of rotatable bonds is 9. The molecule has 1 N–H and O–H groups in total. The third-order valence-electron chi connectivity index (χ3n) is 2.82. The second-order valence-electron chi connectivity index (χ2n) is 4.46. The molecule has 0 bridgehead atoms. The molecule has 20 heavy (non-hydrogen) atoms. The number of unbranched alkanes of at least 4 members (excludes halogenated alkanes) is 1. The van der Waals surface area contributed by atoms with Gasteiger partial charge in [0.1, 0.15) is 0 Å². The van der Waals surface area contributed by atoms with Crippen LogP contribution in [-0.4, -0.2) is 23.8 Å². The first-order valence-corrected chi connectivity index (χ1v) is 8.63. The number of hydrogen-bond donors (Lipinski definition) is 1. The third kappa shape index (κ3) is 6.69. The van der Waals surface area contributed by atoms with Gasteiger partial charge in [0.05, 0.1) is 6.61 Å². The summed E-state index contributed by atoms with van der Waals surface area (Å²) in [5, 5.41) is 8.60. The van der Waals surface area contributed by atoms with Gasteiger partial charge in [-0.05, 0) is 31.7 Å². The van der Waals surface area contributed by atoms with E-state index in [0.717, 1.165) is 25.3 Å². The van der Waals surface area contributed by atoms with Gasteiger partial charge in [0.2, 0.25) is 7.37 Å². The summed E-state index contributed by atoms with van der Waals surface area (Å²) in [5.74, 6) is 0.107. The molecule has 0 aliphatic rings. The summed E-state index contributed by atoms with van der Waals surface area (Å²) in [6.45, 7) is 2.07. The van der Waals surface area contributed by atoms with Crippen LogP contribution in [0.2, 0.25) is 0 Å². The summed E-state index contributed by atoms with van der Waals surface area (Å²) >= 11 is 0. The van der Waals surface area contributed by atoms with E-state index in [4.69, 9.17) is 9.63 Å². The van der Waals surface area contributed by atoms with Crippen molar-refractivity contribution in [2.75, 3.05) is 12.8 Å². The molecule has 0 aromatic heterocycles. The zero-order valence-electron chi connectivity index (χ0n) is 11.7. The molecule has 0 aliphatic carbocycles. The largest absolute Gasteiger partial charge is 0.478 e. The number of carbonyl (C=O) groups is 1. The average molecular weight is 296 g/mol. The number of aryl methyl sites for hydroxylation is 1. The van der Waals surface area contributed by atoms with Crippen LogP contribution in [0.3, 0.4) is 0 Å². The van der Waals surface area contributed by atoms with Crippen molar-refractivity contribution in [3.05, 3.63) is 47.8 Å². The van der Waals surface area contributed by atoms with Gasteiger partial charge < -0.3 is 9.63 Å². The summed E-state index contributed by atoms with van der Waals surface area (Å²) in [5.41, 5.74) is 1.25. The molecule has 1 unspecified atom stereocenters. The summed E-state index contributed by atoms with van der Waals surface area (Å²) in [7, 11) is -2.96. The van der Waals surface area contributed by atoms with Crippen molar-refractivity contribution in [3.63, 3.8) is 0 Å². The predicted molar refractivity (Wildman–Crippen MR) is 80.3 cm³/mol. The van der Waals surface area contributed by atoms with E-state index >= 15 is 0 Å². The zero-order chi connectivity index (χ0) is 14.8. The van der Waals surface area contributed by atoms with Gasteiger partial charge in [-0.3, -0.25) is 4.57 Å². The predicted octanol–water partition coefficient (Wildman–Crippen LogP) is 3.92. The maximum atomic E-state index is 12.4. The third-order valence-corrected chi connectivity index (χ3v) is 5.06. The average Bonchev–Trinajstić information content (AvgIpc) is 2.43. The Hall–Kier alpha value is -1.38. The van der Waals surface area contributed by atoms with Gasteiger partial charge in [-0.25, -0.2) is 4.79 Å². The molecule has 4 nitrogen and oxygen atoms in total. The minimum absolute atomic E-state index is 0.319. The Morgan fingerprint density at radius 2 is 2.00 bits per heavy atom. The fourth-order valence-electron chi connectivity index (χ4n) is 1.88.